The van der Waals surface area contributed by atoms with Crippen LogP contribution in [0.5, 0.6) is 5.75 Å². The van der Waals surface area contributed by atoms with Crippen LogP contribution in [-0.4, -0.2) is 14.2 Å². The lowest BCUT2D eigenvalue weighted by Crippen LogP contribution is -2.25. The number of rotatable bonds is 5. The lowest BCUT2D eigenvalue weighted by molar-refractivity contribution is 0.224. The molecule has 0 bridgehead atoms. The molecule has 1 N–H and O–H groups in total. The fraction of sp³-hybridized carbons (Fsp3) is 0.625. The van der Waals surface area contributed by atoms with Crippen molar-refractivity contribution in [3.8, 4) is 5.75 Å². The Balaban J connectivity index is 3.09. The van der Waals surface area contributed by atoms with Crippen molar-refractivity contribution in [2.24, 2.45) is 11.3 Å². The van der Waals surface area contributed by atoms with Gasteiger partial charge in [-0.05, 0) is 46.8 Å². The molecule has 0 saturated carbocycles. The first-order valence-electron chi connectivity index (χ1n) is 6.90. The molecule has 2 unspecified atom stereocenters. The van der Waals surface area contributed by atoms with E-state index in [2.05, 4.69) is 48.9 Å². The molecule has 1 rings (SSSR count). The predicted octanol–water partition coefficient (Wildman–Crippen LogP) is 4.93. The van der Waals surface area contributed by atoms with Gasteiger partial charge in [-0.1, -0.05) is 27.7 Å². The normalized spacial score (nSPS) is 15.0. The van der Waals surface area contributed by atoms with Gasteiger partial charge in [0.25, 0.3) is 0 Å². The third kappa shape index (κ3) is 4.19. The van der Waals surface area contributed by atoms with E-state index in [0.717, 1.165) is 12.0 Å². The fourth-order valence-electron chi connectivity index (χ4n) is 2.10. The number of ether oxygens (including phenoxy) is 1. The van der Waals surface area contributed by atoms with Crippen LogP contribution in [0.25, 0.3) is 0 Å². The van der Waals surface area contributed by atoms with Crippen LogP contribution in [-0.2, 0) is 0 Å². The van der Waals surface area contributed by atoms with Gasteiger partial charge in [0, 0.05) is 17.7 Å². The molecule has 1 aromatic rings. The number of benzene rings is 1. The maximum Gasteiger partial charge on any atom is 0.141 e. The van der Waals surface area contributed by atoms with E-state index in [-0.39, 0.29) is 17.3 Å². The van der Waals surface area contributed by atoms with Crippen LogP contribution in [0.4, 0.5) is 4.39 Å². The maximum absolute atomic E-state index is 13.6. The molecule has 0 aliphatic carbocycles. The summed E-state index contributed by atoms with van der Waals surface area (Å²) in [6, 6.07) is 3.38. The van der Waals surface area contributed by atoms with Crippen molar-refractivity contribution in [3.05, 3.63) is 28.0 Å². The van der Waals surface area contributed by atoms with E-state index in [1.165, 1.54) is 6.07 Å². The van der Waals surface area contributed by atoms with Gasteiger partial charge >= 0.3 is 0 Å². The molecule has 1 aromatic carbocycles. The van der Waals surface area contributed by atoms with Gasteiger partial charge in [0.05, 0.1) is 11.6 Å². The van der Waals surface area contributed by atoms with E-state index < -0.39 is 0 Å². The van der Waals surface area contributed by atoms with Gasteiger partial charge in [-0.15, -0.1) is 0 Å². The largest absolute Gasteiger partial charge is 0.496 e. The van der Waals surface area contributed by atoms with Crippen molar-refractivity contribution < 1.29 is 9.13 Å². The smallest absolute Gasteiger partial charge is 0.141 e. The van der Waals surface area contributed by atoms with Crippen LogP contribution >= 0.6 is 15.9 Å². The Labute approximate surface area is 130 Å². The molecule has 0 saturated heterocycles. The summed E-state index contributed by atoms with van der Waals surface area (Å²) < 4.78 is 19.4. The van der Waals surface area contributed by atoms with Crippen molar-refractivity contribution >= 4 is 15.9 Å². The van der Waals surface area contributed by atoms with Gasteiger partial charge in [0.15, 0.2) is 0 Å². The van der Waals surface area contributed by atoms with E-state index in [0.29, 0.717) is 16.1 Å². The first-order valence-corrected chi connectivity index (χ1v) is 7.70. The minimum atomic E-state index is -0.302. The summed E-state index contributed by atoms with van der Waals surface area (Å²) in [7, 11) is 3.50. The molecule has 0 amide bonds. The zero-order valence-corrected chi connectivity index (χ0v) is 14.8. The Hall–Kier alpha value is -0.610. The summed E-state index contributed by atoms with van der Waals surface area (Å²) in [5.74, 6) is 0.809. The van der Waals surface area contributed by atoms with E-state index in [1.54, 1.807) is 7.11 Å². The van der Waals surface area contributed by atoms with Gasteiger partial charge in [0.1, 0.15) is 11.6 Å². The highest BCUT2D eigenvalue weighted by molar-refractivity contribution is 9.10. The predicted molar refractivity (Wildman–Crippen MR) is 85.7 cm³/mol. The molecule has 0 aromatic heterocycles. The zero-order chi connectivity index (χ0) is 15.5. The molecule has 4 heteroatoms. The highest BCUT2D eigenvalue weighted by Gasteiger charge is 2.25. The molecule has 0 spiro atoms. The zero-order valence-electron chi connectivity index (χ0n) is 13.2. The fourth-order valence-corrected chi connectivity index (χ4v) is 2.46. The van der Waals surface area contributed by atoms with Crippen molar-refractivity contribution in [1.82, 2.24) is 5.32 Å². The SMILES string of the molecule is CNC(CC(C)C(C)(C)C)c1cc(Br)c(F)cc1OC. The lowest BCUT2D eigenvalue weighted by Gasteiger charge is -2.31. The van der Waals surface area contributed by atoms with Crippen molar-refractivity contribution in [2.45, 2.75) is 40.2 Å². The van der Waals surface area contributed by atoms with Crippen molar-refractivity contribution in [1.29, 1.82) is 0 Å². The van der Waals surface area contributed by atoms with Gasteiger partial charge in [0.2, 0.25) is 0 Å². The van der Waals surface area contributed by atoms with Gasteiger partial charge < -0.3 is 10.1 Å². The summed E-state index contributed by atoms with van der Waals surface area (Å²) in [5, 5.41) is 3.32. The molecule has 2 nitrogen and oxygen atoms in total. The van der Waals surface area contributed by atoms with E-state index in [4.69, 9.17) is 4.74 Å². The second-order valence-corrected chi connectivity index (χ2v) is 7.21. The van der Waals surface area contributed by atoms with Crippen LogP contribution in [0.2, 0.25) is 0 Å². The van der Waals surface area contributed by atoms with Crippen LogP contribution in [0, 0.1) is 17.2 Å². The monoisotopic (exact) mass is 345 g/mol. The standard InChI is InChI=1S/C16H25BrFNO/c1-10(16(2,3)4)7-14(19-5)11-8-12(17)13(18)9-15(11)20-6/h8-10,14,19H,7H2,1-6H3. The summed E-state index contributed by atoms with van der Waals surface area (Å²) in [4.78, 5) is 0. The second kappa shape index (κ2) is 6.90. The molecule has 20 heavy (non-hydrogen) atoms. The number of methoxy groups -OCH3 is 1. The number of hydrogen-bond donors (Lipinski definition) is 1. The number of nitrogens with one attached hydrogen (secondary N) is 1. The Kier molecular flexibility index (Phi) is 6.02. The third-order valence-electron chi connectivity index (χ3n) is 4.06. The van der Waals surface area contributed by atoms with Crippen LogP contribution < -0.4 is 10.1 Å². The molecule has 2 atom stereocenters. The Morgan fingerprint density at radius 1 is 1.35 bits per heavy atom. The molecular formula is C16H25BrFNO. The highest BCUT2D eigenvalue weighted by atomic mass is 79.9. The average Bonchev–Trinajstić information content (AvgIpc) is 2.37. The van der Waals surface area contributed by atoms with Gasteiger partial charge in [-0.3, -0.25) is 0 Å². The Morgan fingerprint density at radius 2 is 1.95 bits per heavy atom. The minimum Gasteiger partial charge on any atom is -0.496 e. The summed E-state index contributed by atoms with van der Waals surface area (Å²) in [6.45, 7) is 8.96. The quantitative estimate of drug-likeness (QED) is 0.816. The van der Waals surface area contributed by atoms with Crippen LogP contribution in [0.15, 0.2) is 16.6 Å². The van der Waals surface area contributed by atoms with Crippen molar-refractivity contribution in [3.63, 3.8) is 0 Å². The summed E-state index contributed by atoms with van der Waals surface area (Å²) in [5.41, 5.74) is 1.22. The summed E-state index contributed by atoms with van der Waals surface area (Å²) in [6.07, 6.45) is 0.967. The molecular weight excluding hydrogens is 321 g/mol. The van der Waals surface area contributed by atoms with Gasteiger partial charge in [-0.2, -0.15) is 0 Å². The topological polar surface area (TPSA) is 21.3 Å². The first-order chi connectivity index (χ1) is 9.20. The molecule has 0 radical (unpaired) electrons. The number of hydrogen-bond acceptors (Lipinski definition) is 2. The lowest BCUT2D eigenvalue weighted by atomic mass is 9.77. The average molecular weight is 346 g/mol. The Morgan fingerprint density at radius 3 is 2.40 bits per heavy atom. The molecule has 0 aliphatic heterocycles. The van der Waals surface area contributed by atoms with Crippen LogP contribution in [0.1, 0.15) is 45.7 Å². The highest BCUT2D eigenvalue weighted by Crippen LogP contribution is 2.37. The molecule has 114 valence electrons. The molecule has 0 fully saturated rings. The van der Waals surface area contributed by atoms with E-state index >= 15 is 0 Å². The van der Waals surface area contributed by atoms with Crippen LogP contribution in [0.3, 0.4) is 0 Å². The Bertz CT molecular complexity index is 457. The molecule has 0 heterocycles. The molecule has 0 aliphatic rings. The third-order valence-corrected chi connectivity index (χ3v) is 4.67. The second-order valence-electron chi connectivity index (χ2n) is 6.35. The maximum atomic E-state index is 13.6. The van der Waals surface area contributed by atoms with Gasteiger partial charge in [-0.25, -0.2) is 4.39 Å². The van der Waals surface area contributed by atoms with Crippen molar-refractivity contribution in [2.75, 3.05) is 14.2 Å². The van der Waals surface area contributed by atoms with E-state index in [9.17, 15) is 4.39 Å². The number of halogens is 2. The first kappa shape index (κ1) is 17.4. The minimum absolute atomic E-state index is 0.135. The van der Waals surface area contributed by atoms with E-state index in [1.807, 2.05) is 13.1 Å². The summed E-state index contributed by atoms with van der Waals surface area (Å²) >= 11 is 3.25.